The van der Waals surface area contributed by atoms with E-state index in [1.807, 2.05) is 43.3 Å². The van der Waals surface area contributed by atoms with Crippen molar-refractivity contribution in [1.82, 2.24) is 20.3 Å². The van der Waals surface area contributed by atoms with Crippen LogP contribution in [0.3, 0.4) is 0 Å². The summed E-state index contributed by atoms with van der Waals surface area (Å²) < 4.78 is 54.0. The number of benzene rings is 2. The molecule has 0 radical (unpaired) electrons. The fraction of sp³-hybridized carbons (Fsp3) is 0.238. The van der Waals surface area contributed by atoms with Gasteiger partial charge in [-0.15, -0.1) is 0 Å². The number of halogens is 3. The lowest BCUT2D eigenvalue weighted by Gasteiger charge is -2.13. The van der Waals surface area contributed by atoms with Crippen molar-refractivity contribution in [2.45, 2.75) is 26.4 Å². The summed E-state index contributed by atoms with van der Waals surface area (Å²) in [4.78, 5) is 7.81. The van der Waals surface area contributed by atoms with Crippen LogP contribution in [-0.2, 0) is 12.6 Å². The van der Waals surface area contributed by atoms with Gasteiger partial charge in [0.2, 0.25) is 5.82 Å². The average Bonchev–Trinajstić information content (AvgIpc) is 3.40. The first-order valence-electron chi connectivity index (χ1n) is 9.34. The third-order valence-corrected chi connectivity index (χ3v) is 4.39. The minimum Gasteiger partial charge on any atom is -0.492 e. The summed E-state index contributed by atoms with van der Waals surface area (Å²) in [5, 5.41) is 7.41. The number of rotatable bonds is 6. The number of aryl methyl sites for hydroxylation is 2. The van der Waals surface area contributed by atoms with E-state index < -0.39 is 12.1 Å². The van der Waals surface area contributed by atoms with Crippen molar-refractivity contribution >= 4 is 0 Å². The third-order valence-electron chi connectivity index (χ3n) is 4.39. The van der Waals surface area contributed by atoms with Gasteiger partial charge in [-0.3, -0.25) is 0 Å². The number of ether oxygens (including phenoxy) is 1. The maximum Gasteiger partial charge on any atom is 0.471 e. The molecule has 7 nitrogen and oxygen atoms in total. The molecular formula is C21H17F3N4O3. The first-order valence-corrected chi connectivity index (χ1v) is 9.34. The van der Waals surface area contributed by atoms with Crippen LogP contribution in [0.4, 0.5) is 13.2 Å². The number of hydrogen-bond acceptors (Lipinski definition) is 7. The lowest BCUT2D eigenvalue weighted by Crippen LogP contribution is -2.06. The van der Waals surface area contributed by atoms with Crippen molar-refractivity contribution in [1.29, 1.82) is 0 Å². The highest BCUT2D eigenvalue weighted by Gasteiger charge is 2.38. The molecule has 0 unspecified atom stereocenters. The van der Waals surface area contributed by atoms with Crippen molar-refractivity contribution in [2.24, 2.45) is 0 Å². The summed E-state index contributed by atoms with van der Waals surface area (Å²) in [6.07, 6.45) is -4.39. The van der Waals surface area contributed by atoms with E-state index in [-0.39, 0.29) is 12.4 Å². The molecule has 2 aromatic carbocycles. The van der Waals surface area contributed by atoms with Crippen LogP contribution in [0.15, 0.2) is 51.5 Å². The number of alkyl halides is 3. The van der Waals surface area contributed by atoms with Gasteiger partial charge in [0, 0.05) is 12.0 Å². The second-order valence-electron chi connectivity index (χ2n) is 6.86. The van der Waals surface area contributed by atoms with Gasteiger partial charge in [-0.25, -0.2) is 0 Å². The molecular weight excluding hydrogens is 413 g/mol. The lowest BCUT2D eigenvalue weighted by molar-refractivity contribution is -0.159. The molecule has 0 saturated carbocycles. The van der Waals surface area contributed by atoms with Crippen molar-refractivity contribution in [3.8, 4) is 28.6 Å². The van der Waals surface area contributed by atoms with Crippen molar-refractivity contribution in [3.63, 3.8) is 0 Å². The van der Waals surface area contributed by atoms with E-state index in [9.17, 15) is 13.2 Å². The highest BCUT2D eigenvalue weighted by molar-refractivity contribution is 5.67. The van der Waals surface area contributed by atoms with E-state index in [0.717, 1.165) is 16.7 Å². The van der Waals surface area contributed by atoms with Crippen LogP contribution in [-0.4, -0.2) is 26.9 Å². The molecule has 4 rings (SSSR count). The summed E-state index contributed by atoms with van der Waals surface area (Å²) in [6.45, 7) is 3.78. The maximum atomic E-state index is 12.8. The molecule has 2 aromatic heterocycles. The Hall–Kier alpha value is -3.69. The minimum atomic E-state index is -4.72. The Kier molecular flexibility index (Phi) is 5.45. The Morgan fingerprint density at radius 2 is 1.74 bits per heavy atom. The van der Waals surface area contributed by atoms with Crippen molar-refractivity contribution < 1.29 is 27.0 Å². The largest absolute Gasteiger partial charge is 0.492 e. The van der Waals surface area contributed by atoms with E-state index in [2.05, 4.69) is 24.8 Å². The molecule has 31 heavy (non-hydrogen) atoms. The first-order chi connectivity index (χ1) is 14.8. The molecule has 2 heterocycles. The Morgan fingerprint density at radius 3 is 2.45 bits per heavy atom. The molecule has 0 bridgehead atoms. The van der Waals surface area contributed by atoms with Gasteiger partial charge in [0.15, 0.2) is 5.82 Å². The summed E-state index contributed by atoms with van der Waals surface area (Å²) in [5.74, 6) is -0.391. The van der Waals surface area contributed by atoms with Gasteiger partial charge in [-0.1, -0.05) is 34.6 Å². The van der Waals surface area contributed by atoms with E-state index in [0.29, 0.717) is 29.4 Å². The zero-order valence-electron chi connectivity index (χ0n) is 16.6. The molecule has 0 spiro atoms. The second-order valence-corrected chi connectivity index (χ2v) is 6.86. The van der Waals surface area contributed by atoms with Crippen LogP contribution in [0, 0.1) is 13.8 Å². The normalized spacial score (nSPS) is 11.6. The molecule has 0 amide bonds. The standard InChI is InChI=1S/C21H17F3N4O3/c1-12-10-13(2)17(15(11-12)18-26-20(31-28-18)21(22,23)24)29-9-8-16-25-19(30-27-16)14-6-4-3-5-7-14/h3-7,10-11H,8-9H2,1-2H3. The van der Waals surface area contributed by atoms with Gasteiger partial charge in [0.1, 0.15) is 5.75 Å². The third kappa shape index (κ3) is 4.57. The molecule has 0 aliphatic rings. The number of aromatic nitrogens is 4. The maximum absolute atomic E-state index is 12.8. The fourth-order valence-electron chi connectivity index (χ4n) is 3.06. The minimum absolute atomic E-state index is 0.175. The SMILES string of the molecule is Cc1cc(C)c(OCCc2noc(-c3ccccc3)n2)c(-c2noc(C(F)(F)F)n2)c1. The van der Waals surface area contributed by atoms with Gasteiger partial charge >= 0.3 is 12.1 Å². The van der Waals surface area contributed by atoms with Gasteiger partial charge in [0.25, 0.3) is 5.89 Å². The first kappa shape index (κ1) is 20.6. The van der Waals surface area contributed by atoms with Crippen molar-refractivity contribution in [3.05, 3.63) is 65.3 Å². The Bertz CT molecular complexity index is 1190. The fourth-order valence-corrected chi connectivity index (χ4v) is 3.06. The molecule has 0 saturated heterocycles. The van der Waals surface area contributed by atoms with Crippen LogP contribution in [0.5, 0.6) is 5.75 Å². The summed E-state index contributed by atoms with van der Waals surface area (Å²) in [5.41, 5.74) is 2.67. The van der Waals surface area contributed by atoms with Crippen LogP contribution in [0.25, 0.3) is 22.8 Å². The van der Waals surface area contributed by atoms with Crippen LogP contribution in [0.2, 0.25) is 0 Å². The van der Waals surface area contributed by atoms with Crippen LogP contribution >= 0.6 is 0 Å². The summed E-state index contributed by atoms with van der Waals surface area (Å²) in [7, 11) is 0. The van der Waals surface area contributed by atoms with E-state index in [1.54, 1.807) is 13.0 Å². The topological polar surface area (TPSA) is 87.1 Å². The molecule has 0 N–H and O–H groups in total. The van der Waals surface area contributed by atoms with Gasteiger partial charge in [-0.05, 0) is 43.2 Å². The zero-order valence-corrected chi connectivity index (χ0v) is 16.6. The van der Waals surface area contributed by atoms with E-state index >= 15 is 0 Å². The predicted octanol–water partition coefficient (Wildman–Crippen LogP) is 5.04. The predicted molar refractivity (Wildman–Crippen MR) is 103 cm³/mol. The zero-order chi connectivity index (χ0) is 22.0. The van der Waals surface area contributed by atoms with Crippen molar-refractivity contribution in [2.75, 3.05) is 6.61 Å². The molecule has 0 aliphatic heterocycles. The smallest absolute Gasteiger partial charge is 0.471 e. The highest BCUT2D eigenvalue weighted by Crippen LogP contribution is 2.35. The molecule has 10 heteroatoms. The van der Waals surface area contributed by atoms with Gasteiger partial charge in [0.05, 0.1) is 12.2 Å². The Labute approximate surface area is 174 Å². The summed E-state index contributed by atoms with van der Waals surface area (Å²) >= 11 is 0. The molecule has 0 aliphatic carbocycles. The molecule has 0 atom stereocenters. The highest BCUT2D eigenvalue weighted by atomic mass is 19.4. The number of nitrogens with zero attached hydrogens (tertiary/aromatic N) is 4. The second kappa shape index (κ2) is 8.21. The average molecular weight is 430 g/mol. The lowest BCUT2D eigenvalue weighted by atomic mass is 10.0. The summed E-state index contributed by atoms with van der Waals surface area (Å²) in [6, 6.07) is 12.8. The molecule has 0 fully saturated rings. The van der Waals surface area contributed by atoms with Crippen LogP contribution < -0.4 is 4.74 Å². The van der Waals surface area contributed by atoms with E-state index in [4.69, 9.17) is 9.26 Å². The Balaban J connectivity index is 1.51. The monoisotopic (exact) mass is 430 g/mol. The van der Waals surface area contributed by atoms with E-state index in [1.165, 1.54) is 0 Å². The number of hydrogen-bond donors (Lipinski definition) is 0. The molecule has 4 aromatic rings. The van der Waals surface area contributed by atoms with Gasteiger partial charge in [-0.2, -0.15) is 23.1 Å². The molecule has 160 valence electrons. The van der Waals surface area contributed by atoms with Gasteiger partial charge < -0.3 is 13.8 Å². The Morgan fingerprint density at radius 1 is 0.968 bits per heavy atom. The van der Waals surface area contributed by atoms with Crippen LogP contribution in [0.1, 0.15) is 22.8 Å². The quantitative estimate of drug-likeness (QED) is 0.423.